The van der Waals surface area contributed by atoms with Gasteiger partial charge in [0, 0.05) is 0 Å². The van der Waals surface area contributed by atoms with Crippen LogP contribution in [0.5, 0.6) is 0 Å². The Morgan fingerprint density at radius 1 is 0.618 bits per heavy atom. The van der Waals surface area contributed by atoms with Crippen LogP contribution in [0.25, 0.3) is 0 Å². The molecule has 0 aromatic heterocycles. The number of hydrogen-bond donors (Lipinski definition) is 8. The number of ether oxygens (including phenoxy) is 2. The lowest BCUT2D eigenvalue weighted by molar-refractivity contribution is -0.303. The van der Waals surface area contributed by atoms with E-state index < -0.39 is 74.2 Å². The van der Waals surface area contributed by atoms with Gasteiger partial charge >= 0.3 is 0 Å². The third-order valence-electron chi connectivity index (χ3n) is 11.1. The van der Waals surface area contributed by atoms with E-state index >= 15 is 0 Å². The van der Waals surface area contributed by atoms with E-state index in [-0.39, 0.29) is 12.8 Å². The highest BCUT2D eigenvalue weighted by Crippen LogP contribution is 2.23. The molecule has 9 unspecified atom stereocenters. The summed E-state index contributed by atoms with van der Waals surface area (Å²) >= 11 is 0. The van der Waals surface area contributed by atoms with Crippen LogP contribution in [0.2, 0.25) is 0 Å². The zero-order valence-corrected chi connectivity index (χ0v) is 34.9. The fourth-order valence-electron chi connectivity index (χ4n) is 7.26. The van der Waals surface area contributed by atoms with Crippen molar-refractivity contribution in [1.29, 1.82) is 0 Å². The summed E-state index contributed by atoms with van der Waals surface area (Å²) in [6.07, 6.45) is 24.0. The number of amides is 1. The molecule has 0 spiro atoms. The van der Waals surface area contributed by atoms with Crippen LogP contribution in [0.3, 0.4) is 0 Å². The summed E-state index contributed by atoms with van der Waals surface area (Å²) in [7, 11) is 0. The van der Waals surface area contributed by atoms with Crippen molar-refractivity contribution in [1.82, 2.24) is 5.32 Å². The minimum Gasteiger partial charge on any atom is -0.394 e. The lowest BCUT2D eigenvalue weighted by atomic mass is 9.98. The molecule has 11 nitrogen and oxygen atoms in total. The number of aliphatic hydroxyl groups excluding tert-OH is 7. The van der Waals surface area contributed by atoms with E-state index in [1.165, 1.54) is 116 Å². The highest BCUT2D eigenvalue weighted by Gasteiger charge is 2.44. The van der Waals surface area contributed by atoms with Crippen LogP contribution in [0.1, 0.15) is 194 Å². The Morgan fingerprint density at radius 3 is 1.56 bits per heavy atom. The van der Waals surface area contributed by atoms with Crippen LogP contribution in [-0.4, -0.2) is 110 Å². The van der Waals surface area contributed by atoms with E-state index in [0.29, 0.717) is 12.8 Å². The van der Waals surface area contributed by atoms with Crippen molar-refractivity contribution in [3.63, 3.8) is 0 Å². The molecule has 8 N–H and O–H groups in total. The van der Waals surface area contributed by atoms with Crippen molar-refractivity contribution in [3.8, 4) is 0 Å². The van der Waals surface area contributed by atoms with Gasteiger partial charge in [-0.05, 0) is 38.5 Å². The smallest absolute Gasteiger partial charge is 0.249 e. The van der Waals surface area contributed by atoms with E-state index in [1.807, 2.05) is 0 Å². The number of aliphatic hydroxyl groups is 7. The van der Waals surface area contributed by atoms with Gasteiger partial charge < -0.3 is 50.5 Å². The van der Waals surface area contributed by atoms with Crippen molar-refractivity contribution < 1.29 is 50.0 Å². The Hall–Kier alpha value is -1.15. The molecule has 1 saturated heterocycles. The molecule has 11 heteroatoms. The Bertz CT molecular complexity index is 908. The lowest BCUT2D eigenvalue weighted by Gasteiger charge is -2.40. The Kier molecular flexibility index (Phi) is 32.9. The number of carbonyl (C=O) groups excluding carboxylic acids is 1. The summed E-state index contributed by atoms with van der Waals surface area (Å²) in [6.45, 7) is 3.41. The third-order valence-corrected chi connectivity index (χ3v) is 11.1. The molecule has 1 aliphatic rings. The summed E-state index contributed by atoms with van der Waals surface area (Å²) in [5.74, 6) is -0.706. The van der Waals surface area contributed by atoms with Gasteiger partial charge in [-0.25, -0.2) is 0 Å². The predicted molar refractivity (Wildman–Crippen MR) is 219 cm³/mol. The lowest BCUT2D eigenvalue weighted by Crippen LogP contribution is -2.60. The minimum absolute atomic E-state index is 0.258. The number of allylic oxidation sites excluding steroid dienone is 2. The molecule has 1 aliphatic heterocycles. The van der Waals surface area contributed by atoms with Gasteiger partial charge in [-0.3, -0.25) is 4.79 Å². The largest absolute Gasteiger partial charge is 0.394 e. The number of nitrogens with one attached hydrogen (secondary N) is 1. The van der Waals surface area contributed by atoms with Gasteiger partial charge in [0.15, 0.2) is 6.29 Å². The highest BCUT2D eigenvalue weighted by atomic mass is 16.7. The molecule has 0 aliphatic carbocycles. The van der Waals surface area contributed by atoms with Crippen molar-refractivity contribution in [2.24, 2.45) is 0 Å². The first-order valence-electron chi connectivity index (χ1n) is 22.6. The minimum atomic E-state index is -1.66. The van der Waals surface area contributed by atoms with E-state index in [1.54, 1.807) is 0 Å². The summed E-state index contributed by atoms with van der Waals surface area (Å²) in [6, 6.07) is -1.18. The molecule has 1 rings (SSSR count). The molecule has 0 saturated carbocycles. The first-order chi connectivity index (χ1) is 26.7. The molecular formula is C44H85NO10. The molecule has 1 amide bonds. The first-order valence-corrected chi connectivity index (χ1v) is 22.6. The maximum atomic E-state index is 13.0. The molecule has 326 valence electrons. The molecule has 1 fully saturated rings. The van der Waals surface area contributed by atoms with Gasteiger partial charge in [-0.1, -0.05) is 167 Å². The average Bonchev–Trinajstić information content (AvgIpc) is 3.18. The Labute approximate surface area is 334 Å². The molecule has 0 bridgehead atoms. The number of carbonyl (C=O) groups is 1. The van der Waals surface area contributed by atoms with Gasteiger partial charge in [0.1, 0.15) is 36.6 Å². The molecule has 0 radical (unpaired) electrons. The van der Waals surface area contributed by atoms with Crippen molar-refractivity contribution in [2.75, 3.05) is 13.2 Å². The van der Waals surface area contributed by atoms with E-state index in [9.17, 15) is 40.5 Å². The third kappa shape index (κ3) is 25.1. The fraction of sp³-hybridized carbons (Fsp3) is 0.932. The van der Waals surface area contributed by atoms with Crippen LogP contribution >= 0.6 is 0 Å². The molecule has 1 heterocycles. The quantitative estimate of drug-likeness (QED) is 0.0243. The predicted octanol–water partition coefficient (Wildman–Crippen LogP) is 6.89. The van der Waals surface area contributed by atoms with Gasteiger partial charge in [0.2, 0.25) is 5.91 Å². The van der Waals surface area contributed by atoms with Gasteiger partial charge in [-0.15, -0.1) is 0 Å². The van der Waals surface area contributed by atoms with Gasteiger partial charge in [0.25, 0.3) is 0 Å². The first kappa shape index (κ1) is 51.9. The van der Waals surface area contributed by atoms with Crippen LogP contribution in [0.15, 0.2) is 12.2 Å². The number of unbranched alkanes of at least 4 members (excludes halogenated alkanes) is 23. The van der Waals surface area contributed by atoms with Gasteiger partial charge in [0.05, 0.1) is 25.4 Å². The summed E-state index contributed by atoms with van der Waals surface area (Å²) in [4.78, 5) is 13.0. The number of hydrogen-bond acceptors (Lipinski definition) is 10. The summed E-state index contributed by atoms with van der Waals surface area (Å²) in [5, 5.41) is 75.5. The molecule has 9 atom stereocenters. The van der Waals surface area contributed by atoms with Crippen LogP contribution in [0.4, 0.5) is 0 Å². The SMILES string of the molecule is CCCCCCCCCCCC/C=C/CCCC(O)C(O)C(COC1OC(CO)C(O)C(O)C1O)NC(=O)C(O)CCCCCCCCCCCCCCC. The van der Waals surface area contributed by atoms with Crippen LogP contribution < -0.4 is 5.32 Å². The second-order valence-corrected chi connectivity index (χ2v) is 16.1. The Morgan fingerprint density at radius 2 is 1.07 bits per heavy atom. The van der Waals surface area contributed by atoms with Crippen molar-refractivity contribution >= 4 is 5.91 Å². The molecule has 0 aromatic rings. The average molecular weight is 788 g/mol. The monoisotopic (exact) mass is 788 g/mol. The second kappa shape index (κ2) is 34.9. The Balaban J connectivity index is 2.50. The molecular weight excluding hydrogens is 702 g/mol. The zero-order chi connectivity index (χ0) is 40.5. The topological polar surface area (TPSA) is 189 Å². The summed E-state index contributed by atoms with van der Waals surface area (Å²) in [5.41, 5.74) is 0. The number of rotatable bonds is 37. The highest BCUT2D eigenvalue weighted by molar-refractivity contribution is 5.80. The zero-order valence-electron chi connectivity index (χ0n) is 34.9. The van der Waals surface area contributed by atoms with E-state index in [2.05, 4.69) is 31.3 Å². The van der Waals surface area contributed by atoms with Crippen LogP contribution in [-0.2, 0) is 14.3 Å². The van der Waals surface area contributed by atoms with Crippen molar-refractivity contribution in [2.45, 2.75) is 249 Å². The maximum absolute atomic E-state index is 13.0. The van der Waals surface area contributed by atoms with Gasteiger partial charge in [-0.2, -0.15) is 0 Å². The van der Waals surface area contributed by atoms with E-state index in [0.717, 1.165) is 38.5 Å². The molecule has 55 heavy (non-hydrogen) atoms. The fourth-order valence-corrected chi connectivity index (χ4v) is 7.26. The normalized spacial score (nSPS) is 22.5. The standard InChI is InChI=1S/C44H85NO10/c1-3-5-7-9-11-13-15-17-18-20-21-23-25-27-29-31-36(47)39(49)35(34-54-44-42(52)41(51)40(50)38(33-46)55-44)45-43(53)37(48)32-30-28-26-24-22-19-16-14-12-10-8-6-4-2/h23,25,35-42,44,46-52H,3-22,24,26-34H2,1-2H3,(H,45,53)/b25-23+. The van der Waals surface area contributed by atoms with Crippen molar-refractivity contribution in [3.05, 3.63) is 12.2 Å². The second-order valence-electron chi connectivity index (χ2n) is 16.1. The van der Waals surface area contributed by atoms with Crippen LogP contribution in [0, 0.1) is 0 Å². The molecule has 0 aromatic carbocycles. The summed E-state index contributed by atoms with van der Waals surface area (Å²) < 4.78 is 11.1. The maximum Gasteiger partial charge on any atom is 0.249 e. The van der Waals surface area contributed by atoms with E-state index in [4.69, 9.17) is 9.47 Å².